The van der Waals surface area contributed by atoms with Gasteiger partial charge in [-0.1, -0.05) is 126 Å². The van der Waals surface area contributed by atoms with Gasteiger partial charge in [-0.15, -0.1) is 0 Å². The summed E-state index contributed by atoms with van der Waals surface area (Å²) in [6.07, 6.45) is 38.3. The molecule has 0 heterocycles. The van der Waals surface area contributed by atoms with Crippen LogP contribution in [0.2, 0.25) is 0 Å². The minimum absolute atomic E-state index is 0.0397. The van der Waals surface area contributed by atoms with Crippen LogP contribution in [0.5, 0.6) is 0 Å². The second-order valence-electron chi connectivity index (χ2n) is 13.9. The van der Waals surface area contributed by atoms with Crippen LogP contribution in [0, 0.1) is 0 Å². The van der Waals surface area contributed by atoms with E-state index in [1.807, 2.05) is 21.1 Å². The van der Waals surface area contributed by atoms with Crippen molar-refractivity contribution < 1.29 is 42.1 Å². The van der Waals surface area contributed by atoms with E-state index < -0.39 is 32.5 Å². The maximum absolute atomic E-state index is 12.6. The number of nitrogens with zero attached hydrogens (tertiary/aromatic N) is 1. The van der Waals surface area contributed by atoms with Gasteiger partial charge >= 0.3 is 11.9 Å². The van der Waals surface area contributed by atoms with Gasteiger partial charge in [0, 0.05) is 12.8 Å². The number of esters is 2. The number of allylic oxidation sites excluding steroid dienone is 10. The summed E-state index contributed by atoms with van der Waals surface area (Å²) in [5, 5.41) is 0. The first-order chi connectivity index (χ1) is 24.5. The van der Waals surface area contributed by atoms with E-state index in [2.05, 4.69) is 74.6 Å². The predicted molar refractivity (Wildman–Crippen MR) is 208 cm³/mol. The second kappa shape index (κ2) is 33.5. The monoisotopic (exact) mass is 737 g/mol. The van der Waals surface area contributed by atoms with Gasteiger partial charge in [0.2, 0.25) is 0 Å². The van der Waals surface area contributed by atoms with Crippen molar-refractivity contribution in [3.63, 3.8) is 0 Å². The number of quaternary nitrogens is 1. The largest absolute Gasteiger partial charge is 0.756 e. The highest BCUT2D eigenvalue weighted by molar-refractivity contribution is 7.45. The molecule has 0 aliphatic rings. The number of carbonyl (C=O) groups excluding carboxylic acids is 2. The van der Waals surface area contributed by atoms with Crippen molar-refractivity contribution in [1.29, 1.82) is 0 Å². The first-order valence-electron chi connectivity index (χ1n) is 19.5. The van der Waals surface area contributed by atoms with Crippen molar-refractivity contribution in [3.8, 4) is 0 Å². The molecule has 0 aliphatic heterocycles. The van der Waals surface area contributed by atoms with E-state index >= 15 is 0 Å². The fourth-order valence-corrected chi connectivity index (χ4v) is 5.47. The van der Waals surface area contributed by atoms with Crippen LogP contribution < -0.4 is 4.89 Å². The van der Waals surface area contributed by atoms with Crippen molar-refractivity contribution >= 4 is 19.8 Å². The zero-order valence-corrected chi connectivity index (χ0v) is 33.7. The maximum atomic E-state index is 12.6. The van der Waals surface area contributed by atoms with E-state index in [4.69, 9.17) is 18.5 Å². The van der Waals surface area contributed by atoms with Gasteiger partial charge in [-0.3, -0.25) is 14.2 Å². The van der Waals surface area contributed by atoms with Crippen molar-refractivity contribution in [1.82, 2.24) is 0 Å². The minimum Gasteiger partial charge on any atom is -0.756 e. The van der Waals surface area contributed by atoms with Crippen LogP contribution in [0.1, 0.15) is 136 Å². The van der Waals surface area contributed by atoms with Crippen LogP contribution in [0.3, 0.4) is 0 Å². The molecule has 0 bridgehead atoms. The Kier molecular flexibility index (Phi) is 32.0. The summed E-state index contributed by atoms with van der Waals surface area (Å²) < 4.78 is 33.7. The zero-order valence-electron chi connectivity index (χ0n) is 32.8. The van der Waals surface area contributed by atoms with Gasteiger partial charge in [-0.25, -0.2) is 0 Å². The van der Waals surface area contributed by atoms with Gasteiger partial charge in [-0.05, 0) is 57.8 Å². The van der Waals surface area contributed by atoms with Crippen molar-refractivity contribution in [2.45, 2.75) is 142 Å². The molecule has 2 atom stereocenters. The molecule has 0 amide bonds. The average Bonchev–Trinajstić information content (AvgIpc) is 3.07. The third-order valence-corrected chi connectivity index (χ3v) is 8.77. The van der Waals surface area contributed by atoms with E-state index in [1.54, 1.807) is 0 Å². The van der Waals surface area contributed by atoms with Crippen molar-refractivity contribution in [3.05, 3.63) is 60.8 Å². The summed E-state index contributed by atoms with van der Waals surface area (Å²) in [6.45, 7) is 4.01. The van der Waals surface area contributed by atoms with E-state index in [0.717, 1.165) is 70.6 Å². The Morgan fingerprint density at radius 1 is 0.627 bits per heavy atom. The molecule has 0 aromatic heterocycles. The number of ether oxygens (including phenoxy) is 2. The van der Waals surface area contributed by atoms with Crippen LogP contribution in [0.15, 0.2) is 60.8 Å². The molecule has 0 aromatic rings. The van der Waals surface area contributed by atoms with Crippen LogP contribution in [0.4, 0.5) is 0 Å². The van der Waals surface area contributed by atoms with Crippen LogP contribution in [0.25, 0.3) is 0 Å². The van der Waals surface area contributed by atoms with Crippen molar-refractivity contribution in [2.24, 2.45) is 0 Å². The molecule has 0 saturated carbocycles. The summed E-state index contributed by atoms with van der Waals surface area (Å²) in [4.78, 5) is 37.2. The quantitative estimate of drug-likeness (QED) is 0.0211. The van der Waals surface area contributed by atoms with E-state index in [9.17, 15) is 19.0 Å². The number of rotatable bonds is 34. The fourth-order valence-electron chi connectivity index (χ4n) is 4.74. The first-order valence-corrected chi connectivity index (χ1v) is 21.0. The van der Waals surface area contributed by atoms with Crippen LogP contribution in [-0.2, 0) is 32.7 Å². The first kappa shape index (κ1) is 48.7. The highest BCUT2D eigenvalue weighted by atomic mass is 31.2. The lowest BCUT2D eigenvalue weighted by Crippen LogP contribution is -2.37. The lowest BCUT2D eigenvalue weighted by Gasteiger charge is -2.28. The Morgan fingerprint density at radius 2 is 1.12 bits per heavy atom. The number of phosphoric acid groups is 1. The third kappa shape index (κ3) is 37.3. The number of likely N-dealkylation sites (N-methyl/N-ethyl adjacent to an activating group) is 1. The second-order valence-corrected chi connectivity index (χ2v) is 15.3. The molecule has 10 heteroatoms. The van der Waals surface area contributed by atoms with Gasteiger partial charge in [0.15, 0.2) is 6.10 Å². The van der Waals surface area contributed by atoms with E-state index in [0.29, 0.717) is 17.4 Å². The van der Waals surface area contributed by atoms with Gasteiger partial charge in [0.05, 0.1) is 27.7 Å². The molecule has 0 saturated heterocycles. The molecular weight excluding hydrogens is 665 g/mol. The molecular formula is C41H72NO8P. The Bertz CT molecular complexity index is 1060. The summed E-state index contributed by atoms with van der Waals surface area (Å²) in [5.41, 5.74) is 0. The van der Waals surface area contributed by atoms with Gasteiger partial charge in [0.1, 0.15) is 19.8 Å². The lowest BCUT2D eigenvalue weighted by molar-refractivity contribution is -0.870. The molecule has 0 spiro atoms. The Morgan fingerprint density at radius 3 is 1.67 bits per heavy atom. The van der Waals surface area contributed by atoms with Crippen molar-refractivity contribution in [2.75, 3.05) is 47.5 Å². The van der Waals surface area contributed by atoms with Gasteiger partial charge in [0.25, 0.3) is 7.82 Å². The molecule has 0 fully saturated rings. The molecule has 0 N–H and O–H groups in total. The predicted octanol–water partition coefficient (Wildman–Crippen LogP) is 9.88. The van der Waals surface area contributed by atoms with E-state index in [1.165, 1.54) is 32.1 Å². The minimum atomic E-state index is -4.63. The summed E-state index contributed by atoms with van der Waals surface area (Å²) in [6, 6.07) is 0. The summed E-state index contributed by atoms with van der Waals surface area (Å²) in [7, 11) is 1.13. The van der Waals surface area contributed by atoms with Crippen LogP contribution >= 0.6 is 7.82 Å². The van der Waals surface area contributed by atoms with Crippen LogP contribution in [-0.4, -0.2) is 70.0 Å². The summed E-state index contributed by atoms with van der Waals surface area (Å²) in [5.74, 6) is -0.883. The molecule has 0 aromatic carbocycles. The number of hydrogen-bond acceptors (Lipinski definition) is 8. The summed E-state index contributed by atoms with van der Waals surface area (Å²) >= 11 is 0. The topological polar surface area (TPSA) is 111 Å². The molecule has 294 valence electrons. The zero-order chi connectivity index (χ0) is 37.9. The fraction of sp³-hybridized carbons (Fsp3) is 0.707. The average molecular weight is 738 g/mol. The normalized spacial score (nSPS) is 14.4. The Balaban J connectivity index is 4.46. The number of carbonyl (C=O) groups is 2. The molecule has 9 nitrogen and oxygen atoms in total. The third-order valence-electron chi connectivity index (χ3n) is 7.80. The number of phosphoric ester groups is 1. The molecule has 0 radical (unpaired) electrons. The smallest absolute Gasteiger partial charge is 0.306 e. The maximum Gasteiger partial charge on any atom is 0.306 e. The standard InChI is InChI=1S/C41H72NO8P/c1-6-8-10-12-14-16-17-18-19-20-21-22-23-24-25-26-28-30-32-34-41(44)50-39(38-49-51(45,46)48-36-35-42(3,4)5)37-47-40(43)33-31-29-27-15-13-11-9-7-2/h8,10,14,16,18-19,21-22,24-25,39H,6-7,9,11-13,15,17,20,23,26-38H2,1-5H3/b10-8-,16-14-,19-18-,22-21-,25-24-. The lowest BCUT2D eigenvalue weighted by atomic mass is 10.1. The number of hydrogen-bond donors (Lipinski definition) is 0. The Labute approximate surface area is 311 Å². The Hall–Kier alpha value is -2.29. The SMILES string of the molecule is CC/C=C\C/C=C\C/C=C\C/C=C\C/C=C\CCCCCC(=O)OC(COC(=O)CCCCCCCCCC)COP(=O)([O-])OCC[N+](C)(C)C. The molecule has 51 heavy (non-hydrogen) atoms. The van der Waals surface area contributed by atoms with E-state index in [-0.39, 0.29) is 26.1 Å². The molecule has 2 unspecified atom stereocenters. The number of unbranched alkanes of at least 4 members (excludes halogenated alkanes) is 10. The highest BCUT2D eigenvalue weighted by Gasteiger charge is 2.21. The molecule has 0 rings (SSSR count). The molecule has 0 aliphatic carbocycles. The van der Waals surface area contributed by atoms with Gasteiger partial charge < -0.3 is 27.9 Å². The highest BCUT2D eigenvalue weighted by Crippen LogP contribution is 2.38. The van der Waals surface area contributed by atoms with Gasteiger partial charge in [-0.2, -0.15) is 0 Å².